The van der Waals surface area contributed by atoms with Gasteiger partial charge in [-0.2, -0.15) is 0 Å². The molecular weight excluding hydrogens is 278 g/mol. The fourth-order valence-electron chi connectivity index (χ4n) is 0.402. The minimum absolute atomic E-state index is 0.0231. The van der Waals surface area contributed by atoms with E-state index in [9.17, 15) is 19.2 Å². The van der Waals surface area contributed by atoms with Crippen molar-refractivity contribution in [2.75, 3.05) is 13.1 Å². The molecule has 118 valence electrons. The lowest BCUT2D eigenvalue weighted by Gasteiger charge is -2.01. The van der Waals surface area contributed by atoms with E-state index < -0.39 is 29.9 Å². The van der Waals surface area contributed by atoms with Crippen LogP contribution >= 0.6 is 0 Å². The topological polar surface area (TPSA) is 227 Å². The molecule has 0 heterocycles. The molecule has 0 fully saturated rings. The van der Waals surface area contributed by atoms with Crippen molar-refractivity contribution < 1.29 is 39.6 Å². The fourth-order valence-corrected chi connectivity index (χ4v) is 0.402. The molecule has 11 nitrogen and oxygen atoms in total. The van der Waals surface area contributed by atoms with E-state index in [2.05, 4.69) is 11.5 Å². The number of carboxylic acids is 4. The lowest BCUT2D eigenvalue weighted by molar-refractivity contribution is -0.140. The van der Waals surface area contributed by atoms with Crippen molar-refractivity contribution in [1.82, 2.24) is 0 Å². The molecular formula is C9H19N3O8. The number of hydrogen-bond donors (Lipinski definition) is 7. The second-order valence-corrected chi connectivity index (χ2v) is 3.07. The summed E-state index contributed by atoms with van der Waals surface area (Å²) in [7, 11) is 0. The van der Waals surface area contributed by atoms with Crippen LogP contribution in [-0.4, -0.2) is 63.4 Å². The lowest BCUT2D eigenvalue weighted by Crippen LogP contribution is -2.30. The Hall–Kier alpha value is -2.24. The summed E-state index contributed by atoms with van der Waals surface area (Å²) in [4.78, 5) is 38.4. The minimum Gasteiger partial charge on any atom is -0.481 e. The summed E-state index contributed by atoms with van der Waals surface area (Å²) in [6, 6.07) is -1.06. The van der Waals surface area contributed by atoms with Gasteiger partial charge in [0.05, 0.1) is 13.1 Å². The van der Waals surface area contributed by atoms with E-state index >= 15 is 0 Å². The van der Waals surface area contributed by atoms with Crippen LogP contribution in [0.25, 0.3) is 0 Å². The van der Waals surface area contributed by atoms with E-state index in [1.165, 1.54) is 0 Å². The van der Waals surface area contributed by atoms with Crippen LogP contribution in [0.1, 0.15) is 12.8 Å². The third-order valence-electron chi connectivity index (χ3n) is 1.34. The molecule has 0 aromatic heterocycles. The molecule has 0 saturated heterocycles. The summed E-state index contributed by atoms with van der Waals surface area (Å²) in [5, 5.41) is 31.5. The van der Waals surface area contributed by atoms with Gasteiger partial charge in [-0.15, -0.1) is 0 Å². The zero-order valence-corrected chi connectivity index (χ0v) is 10.6. The third-order valence-corrected chi connectivity index (χ3v) is 1.34. The average molecular weight is 297 g/mol. The highest BCUT2D eigenvalue weighted by Crippen LogP contribution is 1.93. The van der Waals surface area contributed by atoms with Gasteiger partial charge in [0.1, 0.15) is 6.04 Å². The molecule has 0 aliphatic carbocycles. The molecule has 0 aromatic rings. The van der Waals surface area contributed by atoms with Gasteiger partial charge in [-0.1, -0.05) is 0 Å². The summed E-state index contributed by atoms with van der Waals surface area (Å²) in [5.41, 5.74) is 14.1. The number of aliphatic carboxylic acids is 4. The first-order valence-electron chi connectivity index (χ1n) is 5.12. The van der Waals surface area contributed by atoms with Crippen molar-refractivity contribution in [3.8, 4) is 0 Å². The Kier molecular flexibility index (Phi) is 17.0. The molecule has 0 bridgehead atoms. The van der Waals surface area contributed by atoms with Crippen molar-refractivity contribution in [1.29, 1.82) is 0 Å². The summed E-state index contributed by atoms with van der Waals surface area (Å²) in [6.07, 6.45) is -0.224. The smallest absolute Gasteiger partial charge is 0.320 e. The SMILES string of the molecule is NCC(=O)O.NCC(=O)O.N[C@@H](CCC(=O)O)C(=O)O. The fraction of sp³-hybridized carbons (Fsp3) is 0.556. The largest absolute Gasteiger partial charge is 0.481 e. The average Bonchev–Trinajstić information content (AvgIpc) is 2.36. The Bertz CT molecular complexity index is 306. The van der Waals surface area contributed by atoms with Crippen LogP contribution in [0.3, 0.4) is 0 Å². The van der Waals surface area contributed by atoms with Gasteiger partial charge in [-0.3, -0.25) is 19.2 Å². The second-order valence-electron chi connectivity index (χ2n) is 3.07. The molecule has 0 saturated carbocycles. The van der Waals surface area contributed by atoms with Crippen LogP contribution in [0, 0.1) is 0 Å². The predicted octanol–water partition coefficient (Wildman–Crippen LogP) is -2.68. The van der Waals surface area contributed by atoms with Crippen LogP contribution in [-0.2, 0) is 19.2 Å². The molecule has 0 unspecified atom stereocenters. The van der Waals surface area contributed by atoms with Gasteiger partial charge < -0.3 is 37.6 Å². The van der Waals surface area contributed by atoms with Gasteiger partial charge in [0, 0.05) is 6.42 Å². The van der Waals surface area contributed by atoms with Crippen LogP contribution in [0.2, 0.25) is 0 Å². The minimum atomic E-state index is -1.17. The van der Waals surface area contributed by atoms with Crippen molar-refractivity contribution in [2.45, 2.75) is 18.9 Å². The highest BCUT2D eigenvalue weighted by atomic mass is 16.4. The van der Waals surface area contributed by atoms with E-state index in [4.69, 9.17) is 26.2 Å². The van der Waals surface area contributed by atoms with Gasteiger partial charge >= 0.3 is 23.9 Å². The van der Waals surface area contributed by atoms with Gasteiger partial charge in [0.2, 0.25) is 0 Å². The molecule has 0 aromatic carbocycles. The van der Waals surface area contributed by atoms with E-state index in [0.29, 0.717) is 0 Å². The van der Waals surface area contributed by atoms with E-state index in [-0.39, 0.29) is 25.9 Å². The molecule has 0 spiro atoms. The molecule has 0 aliphatic rings. The first-order valence-corrected chi connectivity index (χ1v) is 5.12. The van der Waals surface area contributed by atoms with E-state index in [1.807, 2.05) is 0 Å². The highest BCUT2D eigenvalue weighted by molar-refractivity contribution is 5.74. The summed E-state index contributed by atoms with van der Waals surface area (Å²) >= 11 is 0. The maximum absolute atomic E-state index is 9.99. The van der Waals surface area contributed by atoms with Gasteiger partial charge in [0.25, 0.3) is 0 Å². The summed E-state index contributed by atoms with van der Waals surface area (Å²) in [6.45, 7) is -0.556. The standard InChI is InChI=1S/C5H9NO4.2C2H5NO2/c6-3(5(9)10)1-2-4(7)8;2*3-1-2(4)5/h3H,1-2,6H2,(H,7,8)(H,9,10);2*1,3H2,(H,4,5)/t3-;;/m0../s1. The third kappa shape index (κ3) is 29.7. The maximum Gasteiger partial charge on any atom is 0.320 e. The Morgan fingerprint density at radius 2 is 1.10 bits per heavy atom. The molecule has 11 heteroatoms. The number of hydrogen-bond acceptors (Lipinski definition) is 7. The highest BCUT2D eigenvalue weighted by Gasteiger charge is 2.12. The van der Waals surface area contributed by atoms with E-state index in [1.54, 1.807) is 0 Å². The molecule has 1 atom stereocenters. The molecule has 0 aliphatic heterocycles. The Morgan fingerprint density at radius 3 is 1.25 bits per heavy atom. The quantitative estimate of drug-likeness (QED) is 0.267. The van der Waals surface area contributed by atoms with Crippen molar-refractivity contribution in [2.24, 2.45) is 17.2 Å². The monoisotopic (exact) mass is 297 g/mol. The van der Waals surface area contributed by atoms with Crippen molar-refractivity contribution in [3.63, 3.8) is 0 Å². The Morgan fingerprint density at radius 1 is 0.800 bits per heavy atom. The summed E-state index contributed by atoms with van der Waals surface area (Å²) < 4.78 is 0. The number of nitrogens with two attached hydrogens (primary N) is 3. The normalized spacial score (nSPS) is 9.95. The summed E-state index contributed by atoms with van der Waals surface area (Å²) in [5.74, 6) is -4.13. The molecule has 0 rings (SSSR count). The first kappa shape index (κ1) is 22.9. The lowest BCUT2D eigenvalue weighted by atomic mass is 10.2. The van der Waals surface area contributed by atoms with Crippen LogP contribution in [0.15, 0.2) is 0 Å². The number of carbonyl (C=O) groups is 4. The van der Waals surface area contributed by atoms with Crippen molar-refractivity contribution >= 4 is 23.9 Å². The van der Waals surface area contributed by atoms with Crippen LogP contribution in [0.4, 0.5) is 0 Å². The maximum atomic E-state index is 9.99. The zero-order valence-electron chi connectivity index (χ0n) is 10.6. The predicted molar refractivity (Wildman–Crippen MR) is 65.9 cm³/mol. The number of carboxylic acid groups (broad SMARTS) is 4. The Balaban J connectivity index is -0.000000244. The van der Waals surface area contributed by atoms with E-state index in [0.717, 1.165) is 0 Å². The first-order chi connectivity index (χ1) is 9.08. The molecule has 20 heavy (non-hydrogen) atoms. The van der Waals surface area contributed by atoms with Crippen molar-refractivity contribution in [3.05, 3.63) is 0 Å². The molecule has 0 radical (unpaired) electrons. The van der Waals surface area contributed by atoms with Crippen LogP contribution in [0.5, 0.6) is 0 Å². The molecule has 10 N–H and O–H groups in total. The van der Waals surface area contributed by atoms with Gasteiger partial charge in [-0.25, -0.2) is 0 Å². The second kappa shape index (κ2) is 14.8. The Labute approximate surface area is 114 Å². The van der Waals surface area contributed by atoms with Gasteiger partial charge in [-0.05, 0) is 6.42 Å². The zero-order chi connectivity index (χ0) is 16.7. The van der Waals surface area contributed by atoms with Gasteiger partial charge in [0.15, 0.2) is 0 Å². The molecule has 0 amide bonds. The number of rotatable bonds is 6. The van der Waals surface area contributed by atoms with Crippen LogP contribution < -0.4 is 17.2 Å².